The van der Waals surface area contributed by atoms with Gasteiger partial charge in [0.25, 0.3) is 5.91 Å². The van der Waals surface area contributed by atoms with Crippen LogP contribution < -0.4 is 10.2 Å². The standard InChI is InChI=1S/C15H16ClN3OS/c1-10-11-5-8-21-13(11)4-7-19(10)9-14(20)18-12-3-2-6-17-15(12)16/h2-3,5-6,8,10H,4,7,9H2,1H3,(H,18,20)/p+1/t10-/m1/s1. The number of carbonyl (C=O) groups is 1. The number of hydrogen-bond acceptors (Lipinski definition) is 3. The van der Waals surface area contributed by atoms with E-state index >= 15 is 0 Å². The largest absolute Gasteiger partial charge is 0.321 e. The molecular formula is C15H17ClN3OS+. The number of nitrogens with zero attached hydrogens (tertiary/aromatic N) is 1. The first kappa shape index (κ1) is 14.5. The van der Waals surface area contributed by atoms with Gasteiger partial charge in [0.1, 0.15) is 6.04 Å². The summed E-state index contributed by atoms with van der Waals surface area (Å²) in [5.74, 6) is -0.0228. The van der Waals surface area contributed by atoms with Gasteiger partial charge in [-0.3, -0.25) is 4.79 Å². The number of aromatic nitrogens is 1. The third-order valence-corrected chi connectivity index (χ3v) is 5.25. The Morgan fingerprint density at radius 3 is 3.24 bits per heavy atom. The van der Waals surface area contributed by atoms with Gasteiger partial charge in [0, 0.05) is 23.1 Å². The van der Waals surface area contributed by atoms with E-state index in [0.717, 1.165) is 13.0 Å². The Balaban J connectivity index is 1.65. The summed E-state index contributed by atoms with van der Waals surface area (Å²) in [6.07, 6.45) is 2.65. The number of halogens is 1. The number of carbonyl (C=O) groups excluding carboxylic acids is 1. The van der Waals surface area contributed by atoms with E-state index in [2.05, 4.69) is 28.7 Å². The highest BCUT2D eigenvalue weighted by atomic mass is 35.5. The molecule has 4 nitrogen and oxygen atoms in total. The Morgan fingerprint density at radius 1 is 1.57 bits per heavy atom. The Hall–Kier alpha value is -1.43. The lowest BCUT2D eigenvalue weighted by molar-refractivity contribution is -0.923. The molecule has 0 fully saturated rings. The molecule has 3 rings (SSSR count). The monoisotopic (exact) mass is 322 g/mol. The van der Waals surface area contributed by atoms with Crippen molar-refractivity contribution in [2.24, 2.45) is 0 Å². The van der Waals surface area contributed by atoms with Crippen molar-refractivity contribution in [1.82, 2.24) is 4.98 Å². The zero-order valence-electron chi connectivity index (χ0n) is 11.7. The average molecular weight is 323 g/mol. The van der Waals surface area contributed by atoms with Crippen LogP contribution in [0.5, 0.6) is 0 Å². The molecule has 3 heterocycles. The number of pyridine rings is 1. The normalized spacial score (nSPS) is 20.9. The van der Waals surface area contributed by atoms with Gasteiger partial charge >= 0.3 is 0 Å². The fourth-order valence-electron chi connectivity index (χ4n) is 2.77. The van der Waals surface area contributed by atoms with E-state index in [1.807, 2.05) is 11.3 Å². The number of nitrogens with one attached hydrogen (secondary N) is 2. The van der Waals surface area contributed by atoms with Crippen molar-refractivity contribution < 1.29 is 9.69 Å². The summed E-state index contributed by atoms with van der Waals surface area (Å²) < 4.78 is 0. The lowest BCUT2D eigenvalue weighted by Crippen LogP contribution is -3.14. The second-order valence-electron chi connectivity index (χ2n) is 5.25. The Labute approximate surface area is 132 Å². The summed E-state index contributed by atoms with van der Waals surface area (Å²) in [5.41, 5.74) is 1.96. The molecule has 0 spiro atoms. The van der Waals surface area contributed by atoms with E-state index < -0.39 is 0 Å². The second kappa shape index (κ2) is 6.13. The summed E-state index contributed by atoms with van der Waals surface area (Å²) in [6.45, 7) is 3.62. The van der Waals surface area contributed by atoms with Crippen LogP contribution in [-0.2, 0) is 11.2 Å². The van der Waals surface area contributed by atoms with Gasteiger partial charge in [0.15, 0.2) is 11.7 Å². The predicted molar refractivity (Wildman–Crippen MR) is 85.0 cm³/mol. The van der Waals surface area contributed by atoms with Gasteiger partial charge in [-0.15, -0.1) is 11.3 Å². The van der Waals surface area contributed by atoms with Crippen LogP contribution in [0.2, 0.25) is 5.15 Å². The molecule has 2 aromatic rings. The molecular weight excluding hydrogens is 306 g/mol. The van der Waals surface area contributed by atoms with Gasteiger partial charge in [-0.1, -0.05) is 11.6 Å². The molecule has 0 radical (unpaired) electrons. The maximum atomic E-state index is 12.2. The lowest BCUT2D eigenvalue weighted by Gasteiger charge is -2.29. The molecule has 2 N–H and O–H groups in total. The van der Waals surface area contributed by atoms with Crippen LogP contribution >= 0.6 is 22.9 Å². The van der Waals surface area contributed by atoms with E-state index in [-0.39, 0.29) is 5.91 Å². The molecule has 0 saturated carbocycles. The second-order valence-corrected chi connectivity index (χ2v) is 6.60. The van der Waals surface area contributed by atoms with Crippen molar-refractivity contribution in [2.45, 2.75) is 19.4 Å². The minimum Gasteiger partial charge on any atom is -0.321 e. The Morgan fingerprint density at radius 2 is 2.43 bits per heavy atom. The van der Waals surface area contributed by atoms with Crippen molar-refractivity contribution in [3.8, 4) is 0 Å². The van der Waals surface area contributed by atoms with Crippen LogP contribution in [0.15, 0.2) is 29.8 Å². The first-order chi connectivity index (χ1) is 10.1. The number of rotatable bonds is 3. The van der Waals surface area contributed by atoms with Gasteiger partial charge < -0.3 is 10.2 Å². The first-order valence-electron chi connectivity index (χ1n) is 6.96. The topological polar surface area (TPSA) is 46.4 Å². The van der Waals surface area contributed by atoms with E-state index in [1.54, 1.807) is 18.3 Å². The van der Waals surface area contributed by atoms with Crippen LogP contribution in [0.3, 0.4) is 0 Å². The Kier molecular flexibility index (Phi) is 4.24. The fraction of sp³-hybridized carbons (Fsp3) is 0.333. The van der Waals surface area contributed by atoms with Crippen LogP contribution in [0, 0.1) is 0 Å². The number of fused-ring (bicyclic) bond motifs is 1. The molecule has 2 aromatic heterocycles. The highest BCUT2D eigenvalue weighted by Crippen LogP contribution is 2.24. The minimum absolute atomic E-state index is 0.0228. The number of thiophene rings is 1. The van der Waals surface area contributed by atoms with Crippen molar-refractivity contribution in [2.75, 3.05) is 18.4 Å². The predicted octanol–water partition coefficient (Wildman–Crippen LogP) is 1.94. The van der Waals surface area contributed by atoms with E-state index in [0.29, 0.717) is 23.4 Å². The molecule has 6 heteroatoms. The number of hydrogen-bond donors (Lipinski definition) is 2. The molecule has 2 atom stereocenters. The molecule has 1 aliphatic heterocycles. The molecule has 1 unspecified atom stereocenters. The molecule has 1 amide bonds. The molecule has 21 heavy (non-hydrogen) atoms. The molecule has 0 bridgehead atoms. The van der Waals surface area contributed by atoms with Crippen LogP contribution in [0.25, 0.3) is 0 Å². The van der Waals surface area contributed by atoms with E-state index in [1.165, 1.54) is 15.3 Å². The molecule has 0 saturated heterocycles. The van der Waals surface area contributed by atoms with Crippen molar-refractivity contribution in [3.05, 3.63) is 45.4 Å². The summed E-state index contributed by atoms with van der Waals surface area (Å²) >= 11 is 7.78. The molecule has 110 valence electrons. The lowest BCUT2D eigenvalue weighted by atomic mass is 10.0. The summed E-state index contributed by atoms with van der Waals surface area (Å²) in [7, 11) is 0. The SMILES string of the molecule is C[C@@H]1c2ccsc2CC[NH+]1CC(=O)Nc1cccnc1Cl. The Bertz CT molecular complexity index is 658. The van der Waals surface area contributed by atoms with Crippen molar-refractivity contribution in [1.29, 1.82) is 0 Å². The third kappa shape index (κ3) is 3.10. The molecule has 0 aliphatic carbocycles. The van der Waals surface area contributed by atoms with Crippen molar-refractivity contribution in [3.63, 3.8) is 0 Å². The van der Waals surface area contributed by atoms with Crippen LogP contribution in [0.4, 0.5) is 5.69 Å². The van der Waals surface area contributed by atoms with Gasteiger partial charge in [0.2, 0.25) is 0 Å². The smallest absolute Gasteiger partial charge is 0.279 e. The quantitative estimate of drug-likeness (QED) is 0.848. The zero-order chi connectivity index (χ0) is 14.8. The van der Waals surface area contributed by atoms with Gasteiger partial charge in [-0.2, -0.15) is 0 Å². The molecule has 0 aromatic carbocycles. The summed E-state index contributed by atoms with van der Waals surface area (Å²) in [6, 6.07) is 6.06. The summed E-state index contributed by atoms with van der Waals surface area (Å²) in [4.78, 5) is 18.9. The van der Waals surface area contributed by atoms with Crippen LogP contribution in [0.1, 0.15) is 23.4 Å². The number of amides is 1. The maximum absolute atomic E-state index is 12.2. The highest BCUT2D eigenvalue weighted by Gasteiger charge is 2.29. The first-order valence-corrected chi connectivity index (χ1v) is 8.22. The van der Waals surface area contributed by atoms with Crippen LogP contribution in [-0.4, -0.2) is 24.0 Å². The summed E-state index contributed by atoms with van der Waals surface area (Å²) in [5, 5.41) is 5.31. The molecule has 1 aliphatic rings. The number of anilines is 1. The zero-order valence-corrected chi connectivity index (χ0v) is 13.3. The maximum Gasteiger partial charge on any atom is 0.279 e. The van der Waals surface area contributed by atoms with Gasteiger partial charge in [0.05, 0.1) is 12.2 Å². The highest BCUT2D eigenvalue weighted by molar-refractivity contribution is 7.10. The van der Waals surface area contributed by atoms with E-state index in [4.69, 9.17) is 11.6 Å². The van der Waals surface area contributed by atoms with Gasteiger partial charge in [-0.25, -0.2) is 4.98 Å². The van der Waals surface area contributed by atoms with Crippen molar-refractivity contribution >= 4 is 34.5 Å². The average Bonchev–Trinajstić information content (AvgIpc) is 2.94. The van der Waals surface area contributed by atoms with Gasteiger partial charge in [-0.05, 0) is 30.5 Å². The number of quaternary nitrogens is 1. The van der Waals surface area contributed by atoms with E-state index in [9.17, 15) is 4.79 Å². The fourth-order valence-corrected chi connectivity index (χ4v) is 3.92. The minimum atomic E-state index is -0.0228. The third-order valence-electron chi connectivity index (χ3n) is 3.95.